The predicted octanol–water partition coefficient (Wildman–Crippen LogP) is 4.33. The molecule has 2 heterocycles. The average molecular weight is 465 g/mol. The van der Waals surface area contributed by atoms with Crippen LogP contribution in [0, 0.1) is 0 Å². The third-order valence-corrected chi connectivity index (χ3v) is 7.98. The number of nitrogens with zero attached hydrogens (tertiary/aromatic N) is 2. The number of fused-ring (bicyclic) bond motifs is 1. The predicted molar refractivity (Wildman–Crippen MR) is 119 cm³/mol. The van der Waals surface area contributed by atoms with E-state index in [9.17, 15) is 13.2 Å². The zero-order valence-electron chi connectivity index (χ0n) is 16.2. The number of thiazole rings is 1. The number of rotatable bonds is 7. The molecule has 4 rings (SSSR count). The number of ether oxygens (including phenoxy) is 1. The molecule has 1 unspecified atom stereocenters. The van der Waals surface area contributed by atoms with Crippen molar-refractivity contribution in [1.82, 2.24) is 4.98 Å². The molecular weight excluding hydrogens is 444 g/mol. The molecule has 0 spiro atoms. The number of hydrogen-bond acceptors (Lipinski definition) is 6. The van der Waals surface area contributed by atoms with E-state index in [0.717, 1.165) is 23.1 Å². The van der Waals surface area contributed by atoms with Gasteiger partial charge in [-0.1, -0.05) is 41.1 Å². The van der Waals surface area contributed by atoms with Gasteiger partial charge in [-0.2, -0.15) is 0 Å². The number of anilines is 1. The zero-order valence-corrected chi connectivity index (χ0v) is 18.5. The largest absolute Gasteiger partial charge is 0.376 e. The molecule has 1 amide bonds. The summed E-state index contributed by atoms with van der Waals surface area (Å²) in [6, 6.07) is 13.6. The Morgan fingerprint density at radius 2 is 2.03 bits per heavy atom. The van der Waals surface area contributed by atoms with Crippen LogP contribution in [0.15, 0.2) is 53.4 Å². The van der Waals surface area contributed by atoms with Gasteiger partial charge in [-0.15, -0.1) is 0 Å². The van der Waals surface area contributed by atoms with Crippen molar-refractivity contribution in [3.05, 3.63) is 53.6 Å². The van der Waals surface area contributed by atoms with Crippen LogP contribution in [0.4, 0.5) is 5.13 Å². The molecule has 2 aromatic carbocycles. The highest BCUT2D eigenvalue weighted by Crippen LogP contribution is 2.32. The summed E-state index contributed by atoms with van der Waals surface area (Å²) in [4.78, 5) is 19.5. The minimum absolute atomic E-state index is 0.0738. The van der Waals surface area contributed by atoms with Gasteiger partial charge in [-0.3, -0.25) is 9.69 Å². The Labute approximate surface area is 184 Å². The number of aromatic nitrogens is 1. The maximum Gasteiger partial charge on any atom is 0.229 e. The SMILES string of the molecule is O=C(CCS(=O)(=O)c1ccccc1)N(CC1CCCO1)c1nc2ccc(Cl)cc2s1. The second kappa shape index (κ2) is 9.01. The lowest BCUT2D eigenvalue weighted by atomic mass is 10.2. The molecule has 30 heavy (non-hydrogen) atoms. The van der Waals surface area contributed by atoms with Gasteiger partial charge >= 0.3 is 0 Å². The highest BCUT2D eigenvalue weighted by Gasteiger charge is 2.27. The quantitative estimate of drug-likeness (QED) is 0.520. The fourth-order valence-corrected chi connectivity index (χ4v) is 5.90. The molecule has 0 bridgehead atoms. The summed E-state index contributed by atoms with van der Waals surface area (Å²) >= 11 is 7.44. The van der Waals surface area contributed by atoms with Gasteiger partial charge in [0.1, 0.15) is 0 Å². The van der Waals surface area contributed by atoms with Crippen LogP contribution in [0.2, 0.25) is 5.02 Å². The molecule has 1 atom stereocenters. The molecule has 1 aromatic heterocycles. The van der Waals surface area contributed by atoms with Crippen LogP contribution < -0.4 is 4.90 Å². The van der Waals surface area contributed by atoms with Crippen molar-refractivity contribution in [2.75, 3.05) is 23.8 Å². The zero-order chi connectivity index (χ0) is 21.1. The van der Waals surface area contributed by atoms with Gasteiger partial charge in [-0.05, 0) is 43.2 Å². The molecule has 1 aliphatic rings. The Balaban J connectivity index is 1.56. The average Bonchev–Trinajstić information content (AvgIpc) is 3.40. The Bertz CT molecular complexity index is 1140. The Morgan fingerprint density at radius 3 is 2.77 bits per heavy atom. The standard InChI is InChI=1S/C21H21ClN2O4S2/c22-15-8-9-18-19(13-15)29-21(23-18)24(14-16-5-4-11-28-16)20(25)10-12-30(26,27)17-6-2-1-3-7-17/h1-3,6-9,13,16H,4-5,10-12,14H2. The Kier molecular flexibility index (Phi) is 6.38. The minimum Gasteiger partial charge on any atom is -0.376 e. The van der Waals surface area contributed by atoms with Crippen molar-refractivity contribution < 1.29 is 17.9 Å². The van der Waals surface area contributed by atoms with Gasteiger partial charge in [-0.25, -0.2) is 13.4 Å². The van der Waals surface area contributed by atoms with Crippen LogP contribution in [0.5, 0.6) is 0 Å². The third-order valence-electron chi connectivity index (χ3n) is 4.97. The number of carbonyl (C=O) groups excluding carboxylic acids is 1. The molecule has 158 valence electrons. The van der Waals surface area contributed by atoms with Crippen molar-refractivity contribution in [3.63, 3.8) is 0 Å². The molecular formula is C21H21ClN2O4S2. The minimum atomic E-state index is -3.54. The molecule has 0 aliphatic carbocycles. The van der Waals surface area contributed by atoms with Gasteiger partial charge in [0, 0.05) is 18.1 Å². The molecule has 3 aromatic rings. The van der Waals surface area contributed by atoms with Crippen molar-refractivity contribution >= 4 is 54.0 Å². The molecule has 1 aliphatic heterocycles. The van der Waals surface area contributed by atoms with Crippen molar-refractivity contribution in [3.8, 4) is 0 Å². The highest BCUT2D eigenvalue weighted by molar-refractivity contribution is 7.91. The first kappa shape index (κ1) is 21.2. The van der Waals surface area contributed by atoms with E-state index in [0.29, 0.717) is 23.3 Å². The fraction of sp³-hybridized carbons (Fsp3) is 0.333. The first-order chi connectivity index (χ1) is 14.4. The van der Waals surface area contributed by atoms with E-state index >= 15 is 0 Å². The van der Waals surface area contributed by atoms with E-state index < -0.39 is 9.84 Å². The molecule has 1 saturated heterocycles. The lowest BCUT2D eigenvalue weighted by Gasteiger charge is -2.23. The van der Waals surface area contributed by atoms with Crippen LogP contribution in [0.1, 0.15) is 19.3 Å². The molecule has 1 fully saturated rings. The molecule has 6 nitrogen and oxygen atoms in total. The van der Waals surface area contributed by atoms with E-state index in [1.54, 1.807) is 41.3 Å². The van der Waals surface area contributed by atoms with E-state index in [1.807, 2.05) is 12.1 Å². The smallest absolute Gasteiger partial charge is 0.229 e. The molecule has 0 N–H and O–H groups in total. The highest BCUT2D eigenvalue weighted by atomic mass is 35.5. The van der Waals surface area contributed by atoms with Crippen LogP contribution in [-0.2, 0) is 19.4 Å². The first-order valence-electron chi connectivity index (χ1n) is 9.68. The Morgan fingerprint density at radius 1 is 1.23 bits per heavy atom. The van der Waals surface area contributed by atoms with Crippen LogP contribution in [-0.4, -0.2) is 44.3 Å². The van der Waals surface area contributed by atoms with E-state index in [4.69, 9.17) is 16.3 Å². The first-order valence-corrected chi connectivity index (χ1v) is 12.5. The lowest BCUT2D eigenvalue weighted by Crippen LogP contribution is -2.38. The van der Waals surface area contributed by atoms with Gasteiger partial charge < -0.3 is 4.74 Å². The van der Waals surface area contributed by atoms with E-state index in [1.165, 1.54) is 11.3 Å². The number of sulfone groups is 1. The van der Waals surface area contributed by atoms with Crippen LogP contribution in [0.25, 0.3) is 10.2 Å². The molecule has 0 radical (unpaired) electrons. The summed E-state index contributed by atoms with van der Waals surface area (Å²) < 4.78 is 31.8. The van der Waals surface area contributed by atoms with Crippen molar-refractivity contribution in [1.29, 1.82) is 0 Å². The number of benzene rings is 2. The number of carbonyl (C=O) groups is 1. The second-order valence-corrected chi connectivity index (χ2v) is 10.7. The number of amides is 1. The maximum atomic E-state index is 13.1. The van der Waals surface area contributed by atoms with E-state index in [-0.39, 0.29) is 29.1 Å². The van der Waals surface area contributed by atoms with Crippen molar-refractivity contribution in [2.24, 2.45) is 0 Å². The van der Waals surface area contributed by atoms with Gasteiger partial charge in [0.05, 0.1) is 33.5 Å². The fourth-order valence-electron chi connectivity index (χ4n) is 3.38. The molecule has 9 heteroatoms. The number of halogens is 1. The van der Waals surface area contributed by atoms with Crippen molar-refractivity contribution in [2.45, 2.75) is 30.3 Å². The third kappa shape index (κ3) is 4.83. The van der Waals surface area contributed by atoms with E-state index in [2.05, 4.69) is 4.98 Å². The van der Waals surface area contributed by atoms with Gasteiger partial charge in [0.25, 0.3) is 0 Å². The van der Waals surface area contributed by atoms with Gasteiger partial charge in [0.15, 0.2) is 15.0 Å². The maximum absolute atomic E-state index is 13.1. The lowest BCUT2D eigenvalue weighted by molar-refractivity contribution is -0.118. The summed E-state index contributed by atoms with van der Waals surface area (Å²) in [5, 5.41) is 1.13. The summed E-state index contributed by atoms with van der Waals surface area (Å²) in [5.74, 6) is -0.538. The monoisotopic (exact) mass is 464 g/mol. The topological polar surface area (TPSA) is 76.6 Å². The normalized spacial score (nSPS) is 16.8. The Hall–Kier alpha value is -2.00. The van der Waals surface area contributed by atoms with Gasteiger partial charge in [0.2, 0.25) is 5.91 Å². The van der Waals surface area contributed by atoms with Crippen LogP contribution in [0.3, 0.4) is 0 Å². The number of hydrogen-bond donors (Lipinski definition) is 0. The molecule has 0 saturated carbocycles. The van der Waals surface area contributed by atoms with Crippen LogP contribution >= 0.6 is 22.9 Å². The summed E-state index contributed by atoms with van der Waals surface area (Å²) in [6.45, 7) is 1.03. The summed E-state index contributed by atoms with van der Waals surface area (Å²) in [5.41, 5.74) is 0.751. The summed E-state index contributed by atoms with van der Waals surface area (Å²) in [6.07, 6.45) is 1.61. The summed E-state index contributed by atoms with van der Waals surface area (Å²) in [7, 11) is -3.54. The second-order valence-electron chi connectivity index (χ2n) is 7.13.